The van der Waals surface area contributed by atoms with Crippen molar-refractivity contribution in [2.75, 3.05) is 18.1 Å². The summed E-state index contributed by atoms with van der Waals surface area (Å²) >= 11 is 0. The van der Waals surface area contributed by atoms with Crippen LogP contribution < -0.4 is 15.0 Å². The van der Waals surface area contributed by atoms with E-state index in [0.717, 1.165) is 17.7 Å². The molecule has 1 aliphatic rings. The number of anilines is 1. The van der Waals surface area contributed by atoms with Crippen LogP contribution in [-0.4, -0.2) is 30.9 Å². The van der Waals surface area contributed by atoms with E-state index < -0.39 is 11.8 Å². The first kappa shape index (κ1) is 20.6. The van der Waals surface area contributed by atoms with E-state index in [0.29, 0.717) is 41.6 Å². The van der Waals surface area contributed by atoms with Gasteiger partial charge in [-0.1, -0.05) is 13.8 Å². The maximum Gasteiger partial charge on any atom is 0.266 e. The summed E-state index contributed by atoms with van der Waals surface area (Å²) in [7, 11) is 0. The van der Waals surface area contributed by atoms with Crippen LogP contribution in [0.2, 0.25) is 0 Å². The van der Waals surface area contributed by atoms with Crippen molar-refractivity contribution in [2.24, 2.45) is 5.92 Å². The molecule has 6 nitrogen and oxygen atoms in total. The number of carbonyl (C=O) groups is 3. The van der Waals surface area contributed by atoms with Gasteiger partial charge in [-0.25, -0.2) is 4.90 Å². The number of hydrogen-bond acceptors (Lipinski definition) is 4. The Morgan fingerprint density at radius 2 is 1.72 bits per heavy atom. The van der Waals surface area contributed by atoms with E-state index in [1.807, 2.05) is 6.92 Å². The summed E-state index contributed by atoms with van der Waals surface area (Å²) < 4.78 is 5.40. The third-order valence-corrected chi connectivity index (χ3v) is 4.80. The lowest BCUT2D eigenvalue weighted by Crippen LogP contribution is -2.29. The molecule has 0 saturated carbocycles. The fraction of sp³-hybridized carbons (Fsp3) is 0.348. The molecule has 0 atom stereocenters. The van der Waals surface area contributed by atoms with E-state index in [4.69, 9.17) is 4.74 Å². The molecule has 1 heterocycles. The molecule has 0 unspecified atom stereocenters. The second-order valence-electron chi connectivity index (χ2n) is 7.42. The van der Waals surface area contributed by atoms with E-state index in [1.165, 1.54) is 6.07 Å². The molecule has 2 aromatic rings. The zero-order valence-corrected chi connectivity index (χ0v) is 17.0. The highest BCUT2D eigenvalue weighted by Gasteiger charge is 2.37. The first-order valence-corrected chi connectivity index (χ1v) is 9.96. The molecule has 1 N–H and O–H groups in total. The maximum atomic E-state index is 12.9. The van der Waals surface area contributed by atoms with Crippen molar-refractivity contribution >= 4 is 23.4 Å². The molecule has 0 fully saturated rings. The van der Waals surface area contributed by atoms with Crippen LogP contribution in [0.4, 0.5) is 5.69 Å². The molecule has 0 aromatic heterocycles. The third kappa shape index (κ3) is 4.47. The van der Waals surface area contributed by atoms with Gasteiger partial charge in [0.15, 0.2) is 0 Å². The van der Waals surface area contributed by atoms with Crippen LogP contribution in [0.5, 0.6) is 5.75 Å². The van der Waals surface area contributed by atoms with E-state index in [-0.39, 0.29) is 11.5 Å². The number of nitrogens with one attached hydrogen (secondary N) is 1. The quantitative estimate of drug-likeness (QED) is 0.541. The lowest BCUT2D eigenvalue weighted by atomic mass is 10.0. The van der Waals surface area contributed by atoms with E-state index in [1.54, 1.807) is 36.4 Å². The van der Waals surface area contributed by atoms with Gasteiger partial charge in [0, 0.05) is 12.1 Å². The van der Waals surface area contributed by atoms with Crippen molar-refractivity contribution in [1.82, 2.24) is 5.32 Å². The Balaban J connectivity index is 1.75. The Hall–Kier alpha value is -3.15. The molecule has 3 rings (SSSR count). The predicted molar refractivity (Wildman–Crippen MR) is 112 cm³/mol. The second-order valence-corrected chi connectivity index (χ2v) is 7.42. The largest absolute Gasteiger partial charge is 0.494 e. The van der Waals surface area contributed by atoms with E-state index in [9.17, 15) is 14.4 Å². The summed E-state index contributed by atoms with van der Waals surface area (Å²) in [5, 5.41) is 2.87. The second kappa shape index (κ2) is 8.90. The van der Waals surface area contributed by atoms with Gasteiger partial charge in [-0.15, -0.1) is 0 Å². The maximum absolute atomic E-state index is 12.9. The zero-order chi connectivity index (χ0) is 21.0. The molecule has 6 heteroatoms. The lowest BCUT2D eigenvalue weighted by Gasteiger charge is -2.14. The molecule has 152 valence electrons. The van der Waals surface area contributed by atoms with E-state index >= 15 is 0 Å². The Labute approximate surface area is 170 Å². The highest BCUT2D eigenvalue weighted by molar-refractivity contribution is 6.34. The van der Waals surface area contributed by atoms with Crippen molar-refractivity contribution in [3.05, 3.63) is 59.2 Å². The normalized spacial score (nSPS) is 13.0. The SMILES string of the molecule is CCOc1ccc(N2C(=O)c3ccc(C(=O)NCCCC(C)C)cc3C2=O)cc1. The van der Waals surface area contributed by atoms with Crippen LogP contribution >= 0.6 is 0 Å². The van der Waals surface area contributed by atoms with Gasteiger partial charge in [0.25, 0.3) is 17.7 Å². The third-order valence-electron chi connectivity index (χ3n) is 4.80. The number of rotatable bonds is 8. The molecule has 1 aliphatic heterocycles. The van der Waals surface area contributed by atoms with Crippen molar-refractivity contribution in [3.63, 3.8) is 0 Å². The smallest absolute Gasteiger partial charge is 0.266 e. The summed E-state index contributed by atoms with van der Waals surface area (Å²) in [4.78, 5) is 39.1. The monoisotopic (exact) mass is 394 g/mol. The number of fused-ring (bicyclic) bond motifs is 1. The minimum Gasteiger partial charge on any atom is -0.494 e. The summed E-state index contributed by atoms with van der Waals surface area (Å²) in [5.74, 6) is 0.200. The average Bonchev–Trinajstić information content (AvgIpc) is 2.96. The van der Waals surface area contributed by atoms with Gasteiger partial charge in [0.2, 0.25) is 0 Å². The van der Waals surface area contributed by atoms with Crippen molar-refractivity contribution in [1.29, 1.82) is 0 Å². The Bertz CT molecular complexity index is 919. The van der Waals surface area contributed by atoms with Crippen LogP contribution in [0, 0.1) is 5.92 Å². The Morgan fingerprint density at radius 3 is 2.38 bits per heavy atom. The van der Waals surface area contributed by atoms with Crippen molar-refractivity contribution < 1.29 is 19.1 Å². The van der Waals surface area contributed by atoms with Gasteiger partial charge in [-0.3, -0.25) is 14.4 Å². The number of carbonyl (C=O) groups excluding carboxylic acids is 3. The van der Waals surface area contributed by atoms with Crippen molar-refractivity contribution in [2.45, 2.75) is 33.6 Å². The molecule has 0 radical (unpaired) electrons. The van der Waals surface area contributed by atoms with Crippen molar-refractivity contribution in [3.8, 4) is 5.75 Å². The van der Waals surface area contributed by atoms with Crippen LogP contribution in [0.25, 0.3) is 0 Å². The molecule has 29 heavy (non-hydrogen) atoms. The van der Waals surface area contributed by atoms with Gasteiger partial charge in [0.1, 0.15) is 5.75 Å². The number of hydrogen-bond donors (Lipinski definition) is 1. The van der Waals surface area contributed by atoms with Crippen LogP contribution in [0.15, 0.2) is 42.5 Å². The molecule has 3 amide bonds. The number of amides is 3. The van der Waals surface area contributed by atoms with Gasteiger partial charge >= 0.3 is 0 Å². The molecule has 0 spiro atoms. The summed E-state index contributed by atoms with van der Waals surface area (Å²) in [5.41, 5.74) is 1.40. The fourth-order valence-electron chi connectivity index (χ4n) is 3.29. The Morgan fingerprint density at radius 1 is 1.03 bits per heavy atom. The Kier molecular flexibility index (Phi) is 6.32. The molecule has 2 aromatic carbocycles. The minimum absolute atomic E-state index is 0.240. The number of nitrogens with zero attached hydrogens (tertiary/aromatic N) is 1. The number of benzene rings is 2. The number of imide groups is 1. The molecule has 0 bridgehead atoms. The lowest BCUT2D eigenvalue weighted by molar-refractivity contribution is 0.0923. The minimum atomic E-state index is -0.427. The fourth-order valence-corrected chi connectivity index (χ4v) is 3.29. The zero-order valence-electron chi connectivity index (χ0n) is 17.0. The molecular formula is C23H26N2O4. The molecule has 0 aliphatic carbocycles. The summed E-state index contributed by atoms with van der Waals surface area (Å²) in [6.45, 7) is 7.28. The van der Waals surface area contributed by atoms with E-state index in [2.05, 4.69) is 19.2 Å². The van der Waals surface area contributed by atoms with Gasteiger partial charge in [-0.05, 0) is 68.1 Å². The van der Waals surface area contributed by atoms with Gasteiger partial charge in [0.05, 0.1) is 23.4 Å². The van der Waals surface area contributed by atoms with Crippen LogP contribution in [-0.2, 0) is 0 Å². The first-order chi connectivity index (χ1) is 13.9. The summed E-state index contributed by atoms with van der Waals surface area (Å²) in [6.07, 6.45) is 1.94. The standard InChI is InChI=1S/C23H26N2O4/c1-4-29-18-10-8-17(9-11-18)25-22(27)19-12-7-16(14-20(19)23(25)28)21(26)24-13-5-6-15(2)3/h7-12,14-15H,4-6,13H2,1-3H3,(H,24,26). The van der Waals surface area contributed by atoms with Gasteiger partial charge < -0.3 is 10.1 Å². The average molecular weight is 394 g/mol. The molecule has 0 saturated heterocycles. The first-order valence-electron chi connectivity index (χ1n) is 9.96. The highest BCUT2D eigenvalue weighted by Crippen LogP contribution is 2.30. The number of ether oxygens (including phenoxy) is 1. The predicted octanol–water partition coefficient (Wildman–Crippen LogP) is 4.05. The topological polar surface area (TPSA) is 75.7 Å². The molecular weight excluding hydrogens is 368 g/mol. The van der Waals surface area contributed by atoms with Crippen LogP contribution in [0.1, 0.15) is 64.7 Å². The van der Waals surface area contributed by atoms with Gasteiger partial charge in [-0.2, -0.15) is 0 Å². The summed E-state index contributed by atoms with van der Waals surface area (Å²) in [6, 6.07) is 11.4. The highest BCUT2D eigenvalue weighted by atomic mass is 16.5. The van der Waals surface area contributed by atoms with Crippen LogP contribution in [0.3, 0.4) is 0 Å².